The van der Waals surface area contributed by atoms with Crippen molar-refractivity contribution in [3.8, 4) is 6.07 Å². The first kappa shape index (κ1) is 19.3. The Morgan fingerprint density at radius 1 is 0.944 bits per heavy atom. The van der Waals surface area contributed by atoms with Gasteiger partial charge in [0.15, 0.2) is 0 Å². The number of hydrogen-bond donors (Lipinski definition) is 0. The number of nitrogens with zero attached hydrogens (tertiary/aromatic N) is 1. The summed E-state index contributed by atoms with van der Waals surface area (Å²) in [5.74, 6) is 0. The first-order valence-electron chi connectivity index (χ1n) is 4.81. The fourth-order valence-electron chi connectivity index (χ4n) is 0.716. The van der Waals surface area contributed by atoms with Crippen molar-refractivity contribution in [2.45, 2.75) is 19.9 Å². The van der Waals surface area contributed by atoms with Gasteiger partial charge in [-0.3, -0.25) is 0 Å². The van der Waals surface area contributed by atoms with E-state index in [0.29, 0.717) is 6.04 Å². The molecule has 0 spiro atoms. The van der Waals surface area contributed by atoms with Gasteiger partial charge < -0.3 is 0 Å². The van der Waals surface area contributed by atoms with Gasteiger partial charge in [-0.15, -0.1) is 0 Å². The average Bonchev–Trinajstić information content (AvgIpc) is 2.11. The fourth-order valence-corrected chi connectivity index (χ4v) is 0.716. The molecule has 0 amide bonds. The summed E-state index contributed by atoms with van der Waals surface area (Å²) >= 11 is 0. The van der Waals surface area contributed by atoms with Crippen LogP contribution in [0.25, 0.3) is 4.85 Å². The van der Waals surface area contributed by atoms with Crippen molar-refractivity contribution >= 4 is 62.1 Å². The summed E-state index contributed by atoms with van der Waals surface area (Å²) in [5, 5.41) is 0. The maximum atomic E-state index is 5.06. The van der Waals surface area contributed by atoms with E-state index < -0.39 is 9.14 Å². The summed E-state index contributed by atoms with van der Waals surface area (Å²) in [6.07, 6.45) is 0. The Morgan fingerprint density at radius 3 is 1.67 bits per heavy atom. The van der Waals surface area contributed by atoms with Crippen molar-refractivity contribution < 1.29 is 0 Å². The molecule has 1 aromatic carbocycles. The molecule has 0 aromatic heterocycles. The van der Waals surface area contributed by atoms with E-state index in [4.69, 9.17) is 53.0 Å². The van der Waals surface area contributed by atoms with Crippen LogP contribution in [0.15, 0.2) is 30.3 Å². The second-order valence-electron chi connectivity index (χ2n) is 3.66. The molecule has 1 nitrogen and oxygen atoms in total. The molecule has 0 aliphatic heterocycles. The van der Waals surface area contributed by atoms with Crippen LogP contribution >= 0.6 is 53.0 Å². The van der Waals surface area contributed by atoms with E-state index in [-0.39, 0.29) is 0 Å². The third-order valence-corrected chi connectivity index (χ3v) is 1.23. The topological polar surface area (TPSA) is 4.36 Å². The first-order chi connectivity index (χ1) is 7.74. The Hall–Kier alpha value is 1.27. The molecular weight excluding hydrogens is 469 g/mol. The molecular formula is C10H12Cl6NSb. The predicted octanol–water partition coefficient (Wildman–Crippen LogP) is 6.53. The average molecular weight is 481 g/mol. The van der Waals surface area contributed by atoms with Gasteiger partial charge in [-0.25, -0.2) is 0 Å². The maximum absolute atomic E-state index is 5.42. The van der Waals surface area contributed by atoms with E-state index in [9.17, 15) is 0 Å². The molecule has 0 aliphatic carbocycles. The molecule has 8 heteroatoms. The Kier molecular flexibility index (Phi) is 6.81. The van der Waals surface area contributed by atoms with Gasteiger partial charge in [0.1, 0.15) is 5.56 Å². The van der Waals surface area contributed by atoms with Crippen molar-refractivity contribution in [2.75, 3.05) is 0 Å². The van der Waals surface area contributed by atoms with Crippen molar-refractivity contribution in [1.82, 2.24) is 0 Å². The third kappa shape index (κ3) is 22.4. The molecule has 0 aliphatic rings. The zero-order valence-electron chi connectivity index (χ0n) is 9.63. The molecule has 1 aromatic rings. The van der Waals surface area contributed by atoms with Gasteiger partial charge in [0.05, 0.1) is 0 Å². The van der Waals surface area contributed by atoms with E-state index in [1.807, 2.05) is 44.2 Å². The molecule has 0 saturated heterocycles. The summed E-state index contributed by atoms with van der Waals surface area (Å²) in [6.45, 7) is 4.08. The van der Waals surface area contributed by atoms with Crippen LogP contribution in [0, 0.1) is 6.07 Å². The molecule has 0 unspecified atom stereocenters. The first-order valence-corrected chi connectivity index (χ1v) is 24.2. The van der Waals surface area contributed by atoms with Crippen molar-refractivity contribution in [3.05, 3.63) is 40.7 Å². The van der Waals surface area contributed by atoms with Crippen LogP contribution in [0.5, 0.6) is 0 Å². The monoisotopic (exact) mass is 477 g/mol. The number of halogens is 6. The zero-order chi connectivity index (χ0) is 14.5. The summed E-state index contributed by atoms with van der Waals surface area (Å²) < 4.78 is 0. The van der Waals surface area contributed by atoms with Gasteiger partial charge in [0.25, 0.3) is 6.04 Å². The zero-order valence-corrected chi connectivity index (χ0v) is 16.7. The number of benzene rings is 1. The van der Waals surface area contributed by atoms with Crippen LogP contribution in [0.2, 0.25) is 0 Å². The predicted molar refractivity (Wildman–Crippen MR) is 88.8 cm³/mol. The summed E-state index contributed by atoms with van der Waals surface area (Å²) in [4.78, 5) is 4.14. The normalized spacial score (nSPS) is 14.5. The Morgan fingerprint density at radius 2 is 1.33 bits per heavy atom. The van der Waals surface area contributed by atoms with Gasteiger partial charge >= 0.3 is 68.2 Å². The Labute approximate surface area is 127 Å². The van der Waals surface area contributed by atoms with Gasteiger partial charge in [-0.2, -0.15) is 0 Å². The standard InChI is InChI=1S/C10H12N.6ClH.Sb/c1-9(2)11-8-10-6-4-3-5-7-10;;;;;;;/h3-7,9H,1-2H3;6*1H;/q+1;;;;;;;+5/p-6. The molecule has 0 bridgehead atoms. The molecule has 0 radical (unpaired) electrons. The molecule has 0 fully saturated rings. The minimum absolute atomic E-state index is 0.329. The minimum atomic E-state index is -5.42. The molecule has 0 atom stereocenters. The van der Waals surface area contributed by atoms with Crippen LogP contribution in [0.3, 0.4) is 0 Å². The van der Waals surface area contributed by atoms with Gasteiger partial charge in [0, 0.05) is 13.8 Å². The van der Waals surface area contributed by atoms with Crippen molar-refractivity contribution in [1.29, 1.82) is 0 Å². The van der Waals surface area contributed by atoms with E-state index in [2.05, 4.69) is 10.9 Å². The van der Waals surface area contributed by atoms with Gasteiger partial charge in [0.2, 0.25) is 0 Å². The Balaban J connectivity index is 0.000000360. The van der Waals surface area contributed by atoms with Crippen LogP contribution in [0.4, 0.5) is 0 Å². The van der Waals surface area contributed by atoms with Crippen LogP contribution < -0.4 is 0 Å². The van der Waals surface area contributed by atoms with Gasteiger partial charge in [-0.1, -0.05) is 23.0 Å². The van der Waals surface area contributed by atoms with Crippen LogP contribution in [-0.2, 0) is 0 Å². The molecule has 0 saturated carbocycles. The summed E-state index contributed by atoms with van der Waals surface area (Å²) in [5.41, 5.74) is 1.04. The van der Waals surface area contributed by atoms with E-state index in [1.54, 1.807) is 0 Å². The quantitative estimate of drug-likeness (QED) is 0.372. The SMILES string of the molecule is CC(C)[N+]#Cc1ccccc1.[Cl][Sb-]([Cl])([Cl])([Cl])([Cl])[Cl]. The van der Waals surface area contributed by atoms with Crippen molar-refractivity contribution in [3.63, 3.8) is 0 Å². The Bertz CT molecular complexity index is 428. The molecule has 18 heavy (non-hydrogen) atoms. The second-order valence-corrected chi connectivity index (χ2v) is 60.6. The third-order valence-electron chi connectivity index (χ3n) is 1.23. The van der Waals surface area contributed by atoms with Crippen molar-refractivity contribution in [2.24, 2.45) is 0 Å². The molecule has 1 rings (SSSR count). The van der Waals surface area contributed by atoms with Crippen LogP contribution in [-0.4, -0.2) is 15.2 Å². The van der Waals surface area contributed by atoms with E-state index in [0.717, 1.165) is 5.56 Å². The molecule has 104 valence electrons. The fraction of sp³-hybridized carbons (Fsp3) is 0.300. The second kappa shape index (κ2) is 6.36. The molecule has 0 heterocycles. The molecule has 0 N–H and O–H groups in total. The van der Waals surface area contributed by atoms with E-state index in [1.165, 1.54) is 0 Å². The number of hydrogen-bond acceptors (Lipinski definition) is 0. The van der Waals surface area contributed by atoms with E-state index >= 15 is 0 Å². The van der Waals surface area contributed by atoms with Crippen LogP contribution in [0.1, 0.15) is 19.4 Å². The number of rotatable bonds is 0. The summed E-state index contributed by atoms with van der Waals surface area (Å²) in [6, 6.07) is 13.2. The van der Waals surface area contributed by atoms with Gasteiger partial charge in [-0.05, 0) is 12.1 Å². The summed E-state index contributed by atoms with van der Waals surface area (Å²) in [7, 11) is 25.0.